The lowest BCUT2D eigenvalue weighted by molar-refractivity contribution is -0.122. The number of fused-ring (bicyclic) bond motifs is 1. The minimum Gasteiger partial charge on any atom is -0.480 e. The first-order valence-corrected chi connectivity index (χ1v) is 9.14. The fraction of sp³-hybridized carbons (Fsp3) is 0.261. The highest BCUT2D eigenvalue weighted by molar-refractivity contribution is 5.95. The Morgan fingerprint density at radius 2 is 1.65 bits per heavy atom. The molecular weight excluding hydrogens is 322 g/mol. The molecule has 0 fully saturated rings. The molecule has 0 spiro atoms. The van der Waals surface area contributed by atoms with Crippen LogP contribution >= 0.6 is 0 Å². The highest BCUT2D eigenvalue weighted by atomic mass is 16.5. The molecule has 3 nitrogen and oxygen atoms in total. The van der Waals surface area contributed by atoms with E-state index < -0.39 is 6.10 Å². The molecule has 3 heteroatoms. The normalized spacial score (nSPS) is 12.2. The maximum atomic E-state index is 12.8. The molecular formula is C23H25NO2. The minimum atomic E-state index is -0.541. The van der Waals surface area contributed by atoms with Gasteiger partial charge in [-0.25, -0.2) is 0 Å². The molecule has 0 saturated carbocycles. The van der Waals surface area contributed by atoms with Crippen LogP contribution in [0.15, 0.2) is 66.7 Å². The van der Waals surface area contributed by atoms with E-state index >= 15 is 0 Å². The van der Waals surface area contributed by atoms with Gasteiger partial charge in [0.2, 0.25) is 0 Å². The van der Waals surface area contributed by atoms with E-state index in [0.717, 1.165) is 27.8 Å². The van der Waals surface area contributed by atoms with Crippen molar-refractivity contribution < 1.29 is 9.53 Å². The molecule has 0 aromatic heterocycles. The van der Waals surface area contributed by atoms with E-state index in [9.17, 15) is 4.79 Å². The van der Waals surface area contributed by atoms with Crippen molar-refractivity contribution >= 4 is 22.4 Å². The number of amides is 1. The molecule has 0 radical (unpaired) electrons. The van der Waals surface area contributed by atoms with Gasteiger partial charge in [-0.1, -0.05) is 75.4 Å². The van der Waals surface area contributed by atoms with Crippen LogP contribution in [0, 0.1) is 0 Å². The van der Waals surface area contributed by atoms with E-state index in [2.05, 4.69) is 19.2 Å². The fourth-order valence-electron chi connectivity index (χ4n) is 3.10. The van der Waals surface area contributed by atoms with Gasteiger partial charge in [-0.3, -0.25) is 4.79 Å². The summed E-state index contributed by atoms with van der Waals surface area (Å²) < 4.78 is 6.10. The number of para-hydroxylation sites is 1. The van der Waals surface area contributed by atoms with Crippen LogP contribution in [0.25, 0.3) is 10.8 Å². The average molecular weight is 347 g/mol. The second kappa shape index (κ2) is 8.05. The lowest BCUT2D eigenvalue weighted by atomic mass is 10.0. The Bertz CT molecular complexity index is 896. The molecule has 0 saturated heterocycles. The van der Waals surface area contributed by atoms with E-state index in [-0.39, 0.29) is 5.91 Å². The molecule has 3 aromatic carbocycles. The van der Waals surface area contributed by atoms with Gasteiger partial charge in [0.05, 0.1) is 0 Å². The Morgan fingerprint density at radius 3 is 2.42 bits per heavy atom. The molecule has 3 aromatic rings. The summed E-state index contributed by atoms with van der Waals surface area (Å²) in [7, 11) is 0. The second-order valence-electron chi connectivity index (χ2n) is 6.72. The van der Waals surface area contributed by atoms with Crippen molar-refractivity contribution in [1.82, 2.24) is 0 Å². The summed E-state index contributed by atoms with van der Waals surface area (Å²) in [6, 6.07) is 21.9. The maximum absolute atomic E-state index is 12.8. The third kappa shape index (κ3) is 3.88. The molecule has 0 aliphatic rings. The lowest BCUT2D eigenvalue weighted by Gasteiger charge is -2.20. The number of ether oxygens (including phenoxy) is 1. The number of anilines is 1. The molecule has 1 amide bonds. The van der Waals surface area contributed by atoms with Crippen molar-refractivity contribution in [3.63, 3.8) is 0 Å². The molecule has 1 N–H and O–H groups in total. The zero-order chi connectivity index (χ0) is 18.5. The second-order valence-corrected chi connectivity index (χ2v) is 6.72. The largest absolute Gasteiger partial charge is 0.480 e. The van der Waals surface area contributed by atoms with Crippen LogP contribution in [0.5, 0.6) is 5.75 Å². The number of carbonyl (C=O) groups is 1. The van der Waals surface area contributed by atoms with E-state index in [0.29, 0.717) is 12.3 Å². The summed E-state index contributed by atoms with van der Waals surface area (Å²) >= 11 is 0. The van der Waals surface area contributed by atoms with E-state index in [1.54, 1.807) is 0 Å². The van der Waals surface area contributed by atoms with Gasteiger partial charge in [-0.2, -0.15) is 0 Å². The topological polar surface area (TPSA) is 38.3 Å². The van der Waals surface area contributed by atoms with Crippen molar-refractivity contribution in [2.75, 3.05) is 5.32 Å². The minimum absolute atomic E-state index is 0.117. The molecule has 0 bridgehead atoms. The lowest BCUT2D eigenvalue weighted by Crippen LogP contribution is -2.32. The van der Waals surface area contributed by atoms with Crippen LogP contribution < -0.4 is 10.1 Å². The van der Waals surface area contributed by atoms with Crippen LogP contribution in [-0.4, -0.2) is 12.0 Å². The first-order chi connectivity index (χ1) is 12.6. The number of hydrogen-bond acceptors (Lipinski definition) is 2. The summed E-state index contributed by atoms with van der Waals surface area (Å²) in [6.45, 7) is 6.20. The van der Waals surface area contributed by atoms with Gasteiger partial charge in [0, 0.05) is 11.1 Å². The van der Waals surface area contributed by atoms with Gasteiger partial charge < -0.3 is 10.1 Å². The summed E-state index contributed by atoms with van der Waals surface area (Å²) in [5.74, 6) is 0.960. The first kappa shape index (κ1) is 18.0. The standard InChI is InChI=1S/C23H25NO2/c1-4-21(23(25)24-20-14-8-7-12-18(20)16(2)3)26-22-15-9-11-17-10-5-6-13-19(17)22/h5-16,21H,4H2,1-3H3,(H,24,25)/t21-/m0/s1. The molecule has 1 atom stereocenters. The molecule has 0 aliphatic heterocycles. The Hall–Kier alpha value is -2.81. The number of benzene rings is 3. The fourth-order valence-corrected chi connectivity index (χ4v) is 3.10. The van der Waals surface area contributed by atoms with Crippen molar-refractivity contribution in [2.24, 2.45) is 0 Å². The maximum Gasteiger partial charge on any atom is 0.265 e. The third-order valence-corrected chi connectivity index (χ3v) is 4.52. The molecule has 3 rings (SSSR count). The predicted octanol–water partition coefficient (Wildman–Crippen LogP) is 5.76. The smallest absolute Gasteiger partial charge is 0.265 e. The molecule has 0 heterocycles. The quantitative estimate of drug-likeness (QED) is 0.616. The molecule has 0 unspecified atom stereocenters. The number of rotatable bonds is 6. The number of hydrogen-bond donors (Lipinski definition) is 1. The first-order valence-electron chi connectivity index (χ1n) is 9.14. The van der Waals surface area contributed by atoms with Crippen LogP contribution in [0.2, 0.25) is 0 Å². The van der Waals surface area contributed by atoms with Crippen LogP contribution in [-0.2, 0) is 4.79 Å². The highest BCUT2D eigenvalue weighted by Crippen LogP contribution is 2.28. The summed E-state index contributed by atoms with van der Waals surface area (Å²) in [4.78, 5) is 12.8. The van der Waals surface area contributed by atoms with Gasteiger partial charge >= 0.3 is 0 Å². The van der Waals surface area contributed by atoms with Gasteiger partial charge in [-0.15, -0.1) is 0 Å². The third-order valence-electron chi connectivity index (χ3n) is 4.52. The monoisotopic (exact) mass is 347 g/mol. The van der Waals surface area contributed by atoms with Crippen molar-refractivity contribution in [2.45, 2.75) is 39.2 Å². The van der Waals surface area contributed by atoms with Gasteiger partial charge in [0.1, 0.15) is 5.75 Å². The molecule has 0 aliphatic carbocycles. The molecule has 26 heavy (non-hydrogen) atoms. The van der Waals surface area contributed by atoms with Crippen LogP contribution in [0.3, 0.4) is 0 Å². The van der Waals surface area contributed by atoms with Crippen molar-refractivity contribution in [1.29, 1.82) is 0 Å². The SMILES string of the molecule is CC[C@H](Oc1cccc2ccccc12)C(=O)Nc1ccccc1C(C)C. The van der Waals surface area contributed by atoms with E-state index in [1.165, 1.54) is 0 Å². The summed E-state index contributed by atoms with van der Waals surface area (Å²) in [5, 5.41) is 5.17. The Morgan fingerprint density at radius 1 is 0.962 bits per heavy atom. The van der Waals surface area contributed by atoms with E-state index in [1.807, 2.05) is 73.7 Å². The van der Waals surface area contributed by atoms with Crippen LogP contribution in [0.4, 0.5) is 5.69 Å². The number of nitrogens with one attached hydrogen (secondary N) is 1. The average Bonchev–Trinajstić information content (AvgIpc) is 2.66. The van der Waals surface area contributed by atoms with Crippen molar-refractivity contribution in [3.05, 3.63) is 72.3 Å². The van der Waals surface area contributed by atoms with E-state index in [4.69, 9.17) is 4.74 Å². The Kier molecular flexibility index (Phi) is 5.57. The Labute approximate surface area is 155 Å². The van der Waals surface area contributed by atoms with Crippen LogP contribution in [0.1, 0.15) is 38.7 Å². The Balaban J connectivity index is 1.82. The molecule has 134 valence electrons. The van der Waals surface area contributed by atoms with Gasteiger partial charge in [0.15, 0.2) is 6.10 Å². The highest BCUT2D eigenvalue weighted by Gasteiger charge is 2.20. The number of carbonyl (C=O) groups excluding carboxylic acids is 1. The predicted molar refractivity (Wildman–Crippen MR) is 108 cm³/mol. The summed E-state index contributed by atoms with van der Waals surface area (Å²) in [6.07, 6.45) is 0.0554. The zero-order valence-electron chi connectivity index (χ0n) is 15.5. The van der Waals surface area contributed by atoms with Gasteiger partial charge in [0.25, 0.3) is 5.91 Å². The zero-order valence-corrected chi connectivity index (χ0v) is 15.5. The summed E-state index contributed by atoms with van der Waals surface area (Å²) in [5.41, 5.74) is 1.98. The van der Waals surface area contributed by atoms with Crippen molar-refractivity contribution in [3.8, 4) is 5.75 Å². The van der Waals surface area contributed by atoms with Gasteiger partial charge in [-0.05, 0) is 35.4 Å².